The molecule has 0 spiro atoms. The summed E-state index contributed by atoms with van der Waals surface area (Å²) in [6.07, 6.45) is 0. The molecule has 0 amide bonds. The number of halogens is 2. The molecule has 150 valence electrons. The van der Waals surface area contributed by atoms with Crippen LogP contribution in [-0.2, 0) is 0 Å². The van der Waals surface area contributed by atoms with Gasteiger partial charge in [-0.25, -0.2) is 9.78 Å². The van der Waals surface area contributed by atoms with Gasteiger partial charge in [0.05, 0.1) is 11.4 Å². The van der Waals surface area contributed by atoms with E-state index in [1.165, 1.54) is 18.2 Å². The predicted octanol–water partition coefficient (Wildman–Crippen LogP) is 6.23. The number of aromatic hydroxyl groups is 1. The second-order valence-electron chi connectivity index (χ2n) is 6.73. The number of carboxylic acid groups (broad SMARTS) is 1. The van der Waals surface area contributed by atoms with Crippen molar-refractivity contribution in [1.82, 2.24) is 9.55 Å². The van der Waals surface area contributed by atoms with Crippen LogP contribution in [0, 0.1) is 6.92 Å². The highest BCUT2D eigenvalue weighted by atomic mass is 35.5. The Kier molecular flexibility index (Phi) is 5.24. The number of hydrogen-bond acceptors (Lipinski definition) is 3. The zero-order chi connectivity index (χ0) is 21.4. The Morgan fingerprint density at radius 2 is 1.63 bits per heavy atom. The van der Waals surface area contributed by atoms with Crippen LogP contribution in [0.3, 0.4) is 0 Å². The summed E-state index contributed by atoms with van der Waals surface area (Å²) in [7, 11) is 0. The molecule has 3 aromatic carbocycles. The molecule has 7 heteroatoms. The smallest absolute Gasteiger partial charge is 0.356 e. The van der Waals surface area contributed by atoms with Crippen molar-refractivity contribution in [1.29, 1.82) is 0 Å². The van der Waals surface area contributed by atoms with Crippen LogP contribution in [0.15, 0.2) is 66.7 Å². The van der Waals surface area contributed by atoms with Gasteiger partial charge in [-0.05, 0) is 42.8 Å². The second-order valence-corrected chi connectivity index (χ2v) is 7.60. The average molecular weight is 439 g/mol. The molecule has 0 atom stereocenters. The highest BCUT2D eigenvalue weighted by Gasteiger charge is 2.27. The molecule has 0 bridgehead atoms. The van der Waals surface area contributed by atoms with Crippen molar-refractivity contribution in [3.8, 4) is 34.1 Å². The monoisotopic (exact) mass is 438 g/mol. The van der Waals surface area contributed by atoms with E-state index < -0.39 is 5.97 Å². The van der Waals surface area contributed by atoms with E-state index in [9.17, 15) is 15.0 Å². The molecule has 0 saturated heterocycles. The number of aromatic nitrogens is 2. The van der Waals surface area contributed by atoms with Crippen LogP contribution in [0.1, 0.15) is 16.1 Å². The fourth-order valence-electron chi connectivity index (χ4n) is 3.35. The number of nitrogens with zero attached hydrogens (tertiary/aromatic N) is 2. The number of carboxylic acids is 1. The van der Waals surface area contributed by atoms with Crippen molar-refractivity contribution in [2.75, 3.05) is 0 Å². The molecule has 0 fully saturated rings. The molecule has 30 heavy (non-hydrogen) atoms. The lowest BCUT2D eigenvalue weighted by molar-refractivity contribution is 0.0692. The fraction of sp³-hybridized carbons (Fsp3) is 0.0435. The van der Waals surface area contributed by atoms with E-state index in [1.54, 1.807) is 16.7 Å². The summed E-state index contributed by atoms with van der Waals surface area (Å²) in [5, 5.41) is 21.3. The molecule has 0 saturated carbocycles. The zero-order valence-corrected chi connectivity index (χ0v) is 17.3. The summed E-state index contributed by atoms with van der Waals surface area (Å²) in [5.74, 6) is -0.921. The fourth-order valence-corrected chi connectivity index (χ4v) is 3.69. The maximum atomic E-state index is 12.2. The number of phenolic OH excluding ortho intramolecular Hbond substituents is 1. The summed E-state index contributed by atoms with van der Waals surface area (Å²) in [4.78, 5) is 16.6. The van der Waals surface area contributed by atoms with Gasteiger partial charge in [-0.1, -0.05) is 59.6 Å². The molecule has 1 aromatic heterocycles. The van der Waals surface area contributed by atoms with Crippen LogP contribution >= 0.6 is 23.2 Å². The molecule has 0 aliphatic heterocycles. The molecule has 4 rings (SSSR count). The first-order valence-electron chi connectivity index (χ1n) is 9.03. The van der Waals surface area contributed by atoms with E-state index in [4.69, 9.17) is 23.2 Å². The highest BCUT2D eigenvalue weighted by Crippen LogP contribution is 2.39. The van der Waals surface area contributed by atoms with Crippen LogP contribution in [0.25, 0.3) is 28.3 Å². The topological polar surface area (TPSA) is 75.4 Å². The van der Waals surface area contributed by atoms with Gasteiger partial charge in [-0.15, -0.1) is 0 Å². The lowest BCUT2D eigenvalue weighted by Crippen LogP contribution is -2.05. The van der Waals surface area contributed by atoms with Crippen LogP contribution < -0.4 is 0 Å². The minimum absolute atomic E-state index is 0.109. The van der Waals surface area contributed by atoms with Gasteiger partial charge in [0, 0.05) is 21.2 Å². The Bertz CT molecular complexity index is 1270. The number of imidazole rings is 1. The maximum absolute atomic E-state index is 12.2. The molecule has 0 aliphatic rings. The van der Waals surface area contributed by atoms with E-state index in [2.05, 4.69) is 4.98 Å². The number of aromatic carboxylic acids is 1. The Morgan fingerprint density at radius 1 is 0.967 bits per heavy atom. The number of benzene rings is 3. The molecular formula is C23H16Cl2N2O3. The zero-order valence-electron chi connectivity index (χ0n) is 15.8. The van der Waals surface area contributed by atoms with Crippen molar-refractivity contribution in [2.24, 2.45) is 0 Å². The maximum Gasteiger partial charge on any atom is 0.356 e. The Labute approximate surface area is 182 Å². The van der Waals surface area contributed by atoms with Crippen LogP contribution in [0.4, 0.5) is 0 Å². The van der Waals surface area contributed by atoms with Crippen LogP contribution in [-0.4, -0.2) is 25.7 Å². The molecule has 4 aromatic rings. The van der Waals surface area contributed by atoms with E-state index >= 15 is 0 Å². The minimum atomic E-state index is -1.22. The van der Waals surface area contributed by atoms with Gasteiger partial charge < -0.3 is 10.2 Å². The molecule has 2 N–H and O–H groups in total. The van der Waals surface area contributed by atoms with Crippen LogP contribution in [0.2, 0.25) is 10.0 Å². The van der Waals surface area contributed by atoms with Gasteiger partial charge in [0.1, 0.15) is 11.6 Å². The summed E-state index contributed by atoms with van der Waals surface area (Å²) in [5.41, 5.74) is 2.49. The Balaban J connectivity index is 2.18. The lowest BCUT2D eigenvalue weighted by atomic mass is 10.1. The Hall–Kier alpha value is -3.28. The van der Waals surface area contributed by atoms with Crippen molar-refractivity contribution in [3.63, 3.8) is 0 Å². The molecule has 0 unspecified atom stereocenters. The molecular weight excluding hydrogens is 423 g/mol. The summed E-state index contributed by atoms with van der Waals surface area (Å²) in [6.45, 7) is 1.89. The summed E-state index contributed by atoms with van der Waals surface area (Å²) < 4.78 is 1.70. The number of rotatable bonds is 4. The first-order chi connectivity index (χ1) is 14.4. The summed E-state index contributed by atoms with van der Waals surface area (Å²) >= 11 is 12.4. The quantitative estimate of drug-likeness (QED) is 0.396. The number of aryl methyl sites for hydroxylation is 1. The third kappa shape index (κ3) is 3.54. The van der Waals surface area contributed by atoms with Gasteiger partial charge in [0.2, 0.25) is 0 Å². The number of hydrogen-bond donors (Lipinski definition) is 2. The van der Waals surface area contributed by atoms with E-state index in [-0.39, 0.29) is 22.7 Å². The molecule has 0 radical (unpaired) electrons. The molecule has 0 aliphatic carbocycles. The van der Waals surface area contributed by atoms with Crippen molar-refractivity contribution in [2.45, 2.75) is 6.92 Å². The van der Waals surface area contributed by atoms with Crippen LogP contribution in [0.5, 0.6) is 5.75 Å². The van der Waals surface area contributed by atoms with E-state index in [0.717, 1.165) is 5.56 Å². The Morgan fingerprint density at radius 3 is 2.33 bits per heavy atom. The van der Waals surface area contributed by atoms with E-state index in [1.807, 2.05) is 43.3 Å². The van der Waals surface area contributed by atoms with Gasteiger partial charge >= 0.3 is 5.97 Å². The largest absolute Gasteiger partial charge is 0.507 e. The first kappa shape index (κ1) is 20.0. The third-order valence-electron chi connectivity index (χ3n) is 4.74. The average Bonchev–Trinajstić information content (AvgIpc) is 3.12. The standard InChI is InChI=1S/C23H16Cl2N2O3/c1-13-7-8-16(25)12-18(13)27-21(17-11-15(24)9-10-19(17)28)20(23(29)30)26-22(27)14-5-3-2-4-6-14/h2-12,28H,1H3,(H,29,30). The van der Waals surface area contributed by atoms with Gasteiger partial charge in [0.15, 0.2) is 5.69 Å². The number of phenols is 1. The second kappa shape index (κ2) is 7.86. The first-order valence-corrected chi connectivity index (χ1v) is 9.79. The minimum Gasteiger partial charge on any atom is -0.507 e. The van der Waals surface area contributed by atoms with E-state index in [0.29, 0.717) is 27.1 Å². The molecule has 1 heterocycles. The molecule has 5 nitrogen and oxygen atoms in total. The summed E-state index contributed by atoms with van der Waals surface area (Å²) in [6, 6.07) is 19.0. The normalized spacial score (nSPS) is 10.9. The van der Waals surface area contributed by atoms with Crippen molar-refractivity contribution in [3.05, 3.63) is 88.0 Å². The van der Waals surface area contributed by atoms with Gasteiger partial charge in [0.25, 0.3) is 0 Å². The predicted molar refractivity (Wildman–Crippen MR) is 118 cm³/mol. The number of carbonyl (C=O) groups is 1. The van der Waals surface area contributed by atoms with Crippen molar-refractivity contribution >= 4 is 29.2 Å². The van der Waals surface area contributed by atoms with Gasteiger partial charge in [-0.3, -0.25) is 4.57 Å². The lowest BCUT2D eigenvalue weighted by Gasteiger charge is -2.16. The third-order valence-corrected chi connectivity index (χ3v) is 5.21. The highest BCUT2D eigenvalue weighted by molar-refractivity contribution is 6.31. The SMILES string of the molecule is Cc1ccc(Cl)cc1-n1c(-c2ccccc2)nc(C(=O)O)c1-c1cc(Cl)ccc1O. The van der Waals surface area contributed by atoms with Gasteiger partial charge in [-0.2, -0.15) is 0 Å². The van der Waals surface area contributed by atoms with Crippen molar-refractivity contribution < 1.29 is 15.0 Å².